The molecule has 0 saturated heterocycles. The van der Waals surface area contributed by atoms with Gasteiger partial charge in [0.1, 0.15) is 0 Å². The van der Waals surface area contributed by atoms with Gasteiger partial charge in [-0.05, 0) is 42.2 Å². The van der Waals surface area contributed by atoms with Gasteiger partial charge < -0.3 is 14.8 Å². The van der Waals surface area contributed by atoms with Gasteiger partial charge in [0.15, 0.2) is 0 Å². The second-order valence-electron chi connectivity index (χ2n) is 5.50. The molecule has 0 unspecified atom stereocenters. The molecular formula is C23H30N2O2S. The normalized spacial score (nSPS) is 9.64. The maximum Gasteiger partial charge on any atom is 0.223 e. The topological polar surface area (TPSA) is 58.1 Å². The lowest BCUT2D eigenvalue weighted by Gasteiger charge is -2.08. The Morgan fingerprint density at radius 2 is 1.71 bits per heavy atom. The van der Waals surface area contributed by atoms with E-state index in [0.29, 0.717) is 5.88 Å². The van der Waals surface area contributed by atoms with Crippen LogP contribution in [-0.4, -0.2) is 28.4 Å². The van der Waals surface area contributed by atoms with Crippen LogP contribution >= 0.6 is 12.6 Å². The van der Waals surface area contributed by atoms with Crippen LogP contribution in [-0.2, 0) is 6.61 Å². The van der Waals surface area contributed by atoms with Crippen molar-refractivity contribution < 1.29 is 9.84 Å². The van der Waals surface area contributed by atoms with Gasteiger partial charge in [-0.1, -0.05) is 45.5 Å². The highest BCUT2D eigenvalue weighted by molar-refractivity contribution is 7.79. The molecule has 5 heteroatoms. The molecule has 0 aliphatic heterocycles. The standard InChI is InChI=1S/C19H16N2O2.C2H6.CH4S.CH4/c1-23-19-15(9-13-4-2-3-5-16(13)21-19)18-10-14-8-12(11-22)6-7-17(14)20-18;2*1-2;/h2-10,20,22H,11H2,1H3;1-2H3;2H,1H3;1H4. The minimum absolute atomic E-state index is 0. The largest absolute Gasteiger partial charge is 0.480 e. The van der Waals surface area contributed by atoms with Gasteiger partial charge in [0.25, 0.3) is 0 Å². The van der Waals surface area contributed by atoms with Crippen LogP contribution < -0.4 is 4.74 Å². The first-order valence-corrected chi connectivity index (χ1v) is 9.79. The van der Waals surface area contributed by atoms with E-state index >= 15 is 0 Å². The molecule has 4 nitrogen and oxygen atoms in total. The van der Waals surface area contributed by atoms with E-state index in [1.807, 2.05) is 56.3 Å². The number of fused-ring (bicyclic) bond motifs is 2. The minimum atomic E-state index is 0. The molecule has 0 radical (unpaired) electrons. The molecule has 0 amide bonds. The number of benzene rings is 2. The molecule has 0 atom stereocenters. The molecule has 4 aromatic rings. The van der Waals surface area contributed by atoms with Gasteiger partial charge in [-0.25, -0.2) is 4.98 Å². The summed E-state index contributed by atoms with van der Waals surface area (Å²) in [6, 6.07) is 18.0. The maximum absolute atomic E-state index is 9.28. The number of H-pyrrole nitrogens is 1. The van der Waals surface area contributed by atoms with E-state index in [1.54, 1.807) is 13.4 Å². The van der Waals surface area contributed by atoms with E-state index in [2.05, 4.69) is 34.7 Å². The highest BCUT2D eigenvalue weighted by Gasteiger charge is 2.12. The number of methoxy groups -OCH3 is 1. The summed E-state index contributed by atoms with van der Waals surface area (Å²) in [6.45, 7) is 4.04. The summed E-state index contributed by atoms with van der Waals surface area (Å²) >= 11 is 3.53. The van der Waals surface area contributed by atoms with E-state index in [0.717, 1.165) is 38.6 Å². The Morgan fingerprint density at radius 1 is 1.00 bits per heavy atom. The van der Waals surface area contributed by atoms with E-state index in [1.165, 1.54) is 0 Å². The minimum Gasteiger partial charge on any atom is -0.480 e. The molecule has 0 aliphatic carbocycles. The second kappa shape index (κ2) is 11.4. The fourth-order valence-corrected chi connectivity index (χ4v) is 2.87. The molecule has 0 spiro atoms. The Hall–Kier alpha value is -2.50. The van der Waals surface area contributed by atoms with E-state index < -0.39 is 0 Å². The Labute approximate surface area is 173 Å². The highest BCUT2D eigenvalue weighted by atomic mass is 32.1. The molecule has 0 bridgehead atoms. The molecule has 2 N–H and O–H groups in total. The number of nitrogens with zero attached hydrogens (tertiary/aromatic N) is 1. The first kappa shape index (κ1) is 23.5. The summed E-state index contributed by atoms with van der Waals surface area (Å²) in [5.41, 5.74) is 4.70. The summed E-state index contributed by atoms with van der Waals surface area (Å²) in [5, 5.41) is 11.4. The van der Waals surface area contributed by atoms with Gasteiger partial charge >= 0.3 is 0 Å². The van der Waals surface area contributed by atoms with Crippen molar-refractivity contribution in [1.29, 1.82) is 0 Å². The van der Waals surface area contributed by atoms with Crippen molar-refractivity contribution in [3.05, 3.63) is 60.2 Å². The molecule has 0 fully saturated rings. The lowest BCUT2D eigenvalue weighted by atomic mass is 10.1. The number of nitrogens with one attached hydrogen (secondary N) is 1. The van der Waals surface area contributed by atoms with Crippen molar-refractivity contribution in [2.24, 2.45) is 0 Å². The number of aliphatic hydroxyl groups excluding tert-OH is 1. The number of aromatic amines is 1. The van der Waals surface area contributed by atoms with Gasteiger partial charge in [-0.3, -0.25) is 0 Å². The van der Waals surface area contributed by atoms with Crippen LogP contribution in [0.2, 0.25) is 0 Å². The number of hydrogen-bond donors (Lipinski definition) is 3. The average molecular weight is 399 g/mol. The van der Waals surface area contributed by atoms with Crippen molar-refractivity contribution in [2.75, 3.05) is 13.4 Å². The van der Waals surface area contributed by atoms with E-state index in [-0.39, 0.29) is 14.0 Å². The number of hydrogen-bond acceptors (Lipinski definition) is 4. The van der Waals surface area contributed by atoms with Crippen LogP contribution in [0.1, 0.15) is 26.8 Å². The van der Waals surface area contributed by atoms with Crippen molar-refractivity contribution >= 4 is 34.4 Å². The lowest BCUT2D eigenvalue weighted by Crippen LogP contribution is -1.92. The number of pyridine rings is 1. The number of aliphatic hydroxyl groups is 1. The Bertz CT molecular complexity index is 1010. The lowest BCUT2D eigenvalue weighted by molar-refractivity contribution is 0.282. The van der Waals surface area contributed by atoms with Crippen molar-refractivity contribution in [2.45, 2.75) is 27.9 Å². The third kappa shape index (κ3) is 4.86. The van der Waals surface area contributed by atoms with Crippen LogP contribution in [0.3, 0.4) is 0 Å². The monoisotopic (exact) mass is 398 g/mol. The number of rotatable bonds is 3. The quantitative estimate of drug-likeness (QED) is 0.366. The Balaban J connectivity index is 0.000000739. The van der Waals surface area contributed by atoms with Crippen molar-refractivity contribution in [1.82, 2.24) is 9.97 Å². The molecule has 0 saturated carbocycles. The molecule has 2 heterocycles. The Kier molecular flexibility index (Phi) is 9.56. The summed E-state index contributed by atoms with van der Waals surface area (Å²) in [6.07, 6.45) is 1.69. The zero-order chi connectivity index (χ0) is 19.8. The molecular weight excluding hydrogens is 368 g/mol. The van der Waals surface area contributed by atoms with Gasteiger partial charge in [0.2, 0.25) is 5.88 Å². The average Bonchev–Trinajstić information content (AvgIpc) is 3.18. The fraction of sp³-hybridized carbons (Fsp3) is 0.261. The zero-order valence-corrected chi connectivity index (χ0v) is 17.0. The second-order valence-corrected chi connectivity index (χ2v) is 5.50. The molecule has 28 heavy (non-hydrogen) atoms. The van der Waals surface area contributed by atoms with Crippen molar-refractivity contribution in [3.8, 4) is 17.1 Å². The molecule has 0 aliphatic rings. The highest BCUT2D eigenvalue weighted by Crippen LogP contribution is 2.33. The smallest absolute Gasteiger partial charge is 0.223 e. The van der Waals surface area contributed by atoms with Crippen LogP contribution in [0, 0.1) is 0 Å². The van der Waals surface area contributed by atoms with Crippen LogP contribution in [0.15, 0.2) is 54.6 Å². The first-order valence-electron chi connectivity index (χ1n) is 8.90. The molecule has 2 aromatic heterocycles. The third-order valence-corrected chi connectivity index (χ3v) is 4.04. The van der Waals surface area contributed by atoms with Crippen molar-refractivity contribution in [3.63, 3.8) is 0 Å². The van der Waals surface area contributed by atoms with Crippen LogP contribution in [0.25, 0.3) is 33.1 Å². The number of thiol groups is 1. The molecule has 150 valence electrons. The van der Waals surface area contributed by atoms with Gasteiger partial charge in [0.05, 0.1) is 30.5 Å². The predicted molar refractivity (Wildman–Crippen MR) is 124 cm³/mol. The van der Waals surface area contributed by atoms with Crippen LogP contribution in [0.5, 0.6) is 5.88 Å². The summed E-state index contributed by atoms with van der Waals surface area (Å²) in [5.74, 6) is 0.595. The SMILES string of the molecule is C.CC.COc1nc2ccccc2cc1-c1cc2cc(CO)ccc2[nH]1.CS. The molecule has 4 rings (SSSR count). The zero-order valence-electron chi connectivity index (χ0n) is 16.2. The number of aromatic nitrogens is 2. The Morgan fingerprint density at radius 3 is 2.39 bits per heavy atom. The predicted octanol–water partition coefficient (Wildman–Crippen LogP) is 6.09. The van der Waals surface area contributed by atoms with E-state index in [4.69, 9.17) is 4.74 Å². The van der Waals surface area contributed by atoms with Gasteiger partial charge in [0, 0.05) is 16.3 Å². The summed E-state index contributed by atoms with van der Waals surface area (Å²) < 4.78 is 5.48. The van der Waals surface area contributed by atoms with Gasteiger partial charge in [-0.15, -0.1) is 0 Å². The van der Waals surface area contributed by atoms with E-state index in [9.17, 15) is 5.11 Å². The fourth-order valence-electron chi connectivity index (χ4n) is 2.87. The summed E-state index contributed by atoms with van der Waals surface area (Å²) in [7, 11) is 1.63. The summed E-state index contributed by atoms with van der Waals surface area (Å²) in [4.78, 5) is 7.99. The van der Waals surface area contributed by atoms with Gasteiger partial charge in [-0.2, -0.15) is 12.6 Å². The maximum atomic E-state index is 9.28. The first-order chi connectivity index (χ1) is 13.3. The number of para-hydroxylation sites is 1. The van der Waals surface area contributed by atoms with Crippen LogP contribution in [0.4, 0.5) is 0 Å². The number of ether oxygens (including phenoxy) is 1. The third-order valence-electron chi connectivity index (χ3n) is 4.04. The molecule has 2 aromatic carbocycles.